The van der Waals surface area contributed by atoms with Crippen molar-refractivity contribution in [1.29, 1.82) is 0 Å². The minimum atomic E-state index is -0.473. The number of thioether (sulfide) groups is 1. The number of aliphatic hydroxyl groups excluding tert-OH is 1. The molecule has 2 aromatic heterocycles. The van der Waals surface area contributed by atoms with E-state index in [9.17, 15) is 9.90 Å². The standard InChI is InChI=1S/C19H19ClN4O2S/c1-11(27-14-4-2-13(20)3-5-14)15-8-24(9-16(15)25)7-12-6-21-18-17(12)22-10-23-19(18)26/h2-6,10,15-16,21,25H,1,7-9H2,(H,22,23,26). The van der Waals surface area contributed by atoms with Crippen LogP contribution in [0.4, 0.5) is 0 Å². The molecule has 0 radical (unpaired) electrons. The number of aliphatic hydroxyl groups is 1. The molecule has 140 valence electrons. The number of aromatic nitrogens is 3. The molecule has 1 aliphatic heterocycles. The van der Waals surface area contributed by atoms with Crippen LogP contribution in [-0.2, 0) is 6.54 Å². The summed E-state index contributed by atoms with van der Waals surface area (Å²) in [5.41, 5.74) is 1.91. The van der Waals surface area contributed by atoms with E-state index in [-0.39, 0.29) is 11.5 Å². The minimum absolute atomic E-state index is 0.0211. The van der Waals surface area contributed by atoms with Gasteiger partial charge in [-0.2, -0.15) is 0 Å². The lowest BCUT2D eigenvalue weighted by molar-refractivity contribution is 0.155. The van der Waals surface area contributed by atoms with Gasteiger partial charge in [0.2, 0.25) is 0 Å². The average Bonchev–Trinajstić information content (AvgIpc) is 3.22. The number of aromatic amines is 2. The average molecular weight is 403 g/mol. The van der Waals surface area contributed by atoms with Crippen LogP contribution in [0, 0.1) is 5.92 Å². The van der Waals surface area contributed by atoms with E-state index < -0.39 is 6.10 Å². The molecule has 6 nitrogen and oxygen atoms in total. The first-order valence-corrected chi connectivity index (χ1v) is 9.77. The molecule has 1 fully saturated rings. The second-order valence-electron chi connectivity index (χ2n) is 6.66. The second kappa shape index (κ2) is 7.52. The molecule has 3 aromatic rings. The van der Waals surface area contributed by atoms with Gasteiger partial charge in [-0.05, 0) is 29.2 Å². The Morgan fingerprint density at radius 1 is 1.33 bits per heavy atom. The smallest absolute Gasteiger partial charge is 0.275 e. The van der Waals surface area contributed by atoms with Gasteiger partial charge in [-0.25, -0.2) is 4.98 Å². The fourth-order valence-corrected chi connectivity index (χ4v) is 4.49. The lowest BCUT2D eigenvalue weighted by Crippen LogP contribution is -2.21. The molecule has 8 heteroatoms. The van der Waals surface area contributed by atoms with Crippen LogP contribution in [0.2, 0.25) is 5.02 Å². The largest absolute Gasteiger partial charge is 0.391 e. The maximum atomic E-state index is 11.8. The van der Waals surface area contributed by atoms with Crippen molar-refractivity contribution in [2.45, 2.75) is 17.5 Å². The normalized spacial score (nSPS) is 20.4. The summed E-state index contributed by atoms with van der Waals surface area (Å²) in [5, 5.41) is 11.2. The Morgan fingerprint density at radius 3 is 2.89 bits per heavy atom. The predicted molar refractivity (Wildman–Crippen MR) is 108 cm³/mol. The topological polar surface area (TPSA) is 85.0 Å². The quantitative estimate of drug-likeness (QED) is 0.571. The molecule has 3 N–H and O–H groups in total. The van der Waals surface area contributed by atoms with E-state index in [0.29, 0.717) is 35.7 Å². The maximum absolute atomic E-state index is 11.8. The zero-order valence-corrected chi connectivity index (χ0v) is 16.1. The first kappa shape index (κ1) is 18.3. The Labute approximate surface area is 165 Å². The van der Waals surface area contributed by atoms with Gasteiger partial charge in [0.25, 0.3) is 5.56 Å². The summed E-state index contributed by atoms with van der Waals surface area (Å²) in [7, 11) is 0. The number of benzene rings is 1. The minimum Gasteiger partial charge on any atom is -0.391 e. The fourth-order valence-electron chi connectivity index (χ4n) is 3.41. The van der Waals surface area contributed by atoms with Gasteiger partial charge in [0.05, 0.1) is 17.9 Å². The van der Waals surface area contributed by atoms with E-state index >= 15 is 0 Å². The van der Waals surface area contributed by atoms with E-state index in [1.807, 2.05) is 30.5 Å². The molecule has 1 aromatic carbocycles. The van der Waals surface area contributed by atoms with Crippen molar-refractivity contribution in [3.8, 4) is 0 Å². The van der Waals surface area contributed by atoms with Crippen molar-refractivity contribution >= 4 is 34.4 Å². The number of H-pyrrole nitrogens is 2. The third-order valence-corrected chi connectivity index (χ3v) is 6.11. The van der Waals surface area contributed by atoms with Crippen molar-refractivity contribution in [3.63, 3.8) is 0 Å². The summed E-state index contributed by atoms with van der Waals surface area (Å²) in [4.78, 5) is 25.8. The van der Waals surface area contributed by atoms with Gasteiger partial charge < -0.3 is 15.1 Å². The highest BCUT2D eigenvalue weighted by atomic mass is 35.5. The molecule has 1 aliphatic rings. The Morgan fingerprint density at radius 2 is 2.11 bits per heavy atom. The van der Waals surface area contributed by atoms with E-state index in [1.165, 1.54) is 6.33 Å². The zero-order chi connectivity index (χ0) is 19.0. The third-order valence-electron chi connectivity index (χ3n) is 4.78. The van der Waals surface area contributed by atoms with Gasteiger partial charge >= 0.3 is 0 Å². The fraction of sp³-hybridized carbons (Fsp3) is 0.263. The molecular weight excluding hydrogens is 384 g/mol. The molecule has 0 amide bonds. The van der Waals surface area contributed by atoms with Crippen LogP contribution in [0.5, 0.6) is 0 Å². The van der Waals surface area contributed by atoms with Gasteiger partial charge in [-0.3, -0.25) is 9.69 Å². The van der Waals surface area contributed by atoms with E-state index in [2.05, 4.69) is 26.4 Å². The number of fused-ring (bicyclic) bond motifs is 1. The molecule has 0 saturated carbocycles. The summed E-state index contributed by atoms with van der Waals surface area (Å²) in [6, 6.07) is 7.60. The number of hydrogen-bond donors (Lipinski definition) is 3. The first-order chi connectivity index (χ1) is 13.0. The van der Waals surface area contributed by atoms with Crippen molar-refractivity contribution < 1.29 is 5.11 Å². The summed E-state index contributed by atoms with van der Waals surface area (Å²) in [6.07, 6.45) is 2.75. The highest BCUT2D eigenvalue weighted by Gasteiger charge is 2.33. The summed E-state index contributed by atoms with van der Waals surface area (Å²) < 4.78 is 0. The molecule has 0 aliphatic carbocycles. The van der Waals surface area contributed by atoms with Gasteiger partial charge in [-0.1, -0.05) is 29.9 Å². The number of nitrogens with zero attached hydrogens (tertiary/aromatic N) is 2. The number of rotatable bonds is 5. The molecule has 0 spiro atoms. The lowest BCUT2D eigenvalue weighted by atomic mass is 10.1. The Kier molecular flexibility index (Phi) is 5.10. The summed E-state index contributed by atoms with van der Waals surface area (Å²) in [6.45, 7) is 6.05. The third kappa shape index (κ3) is 3.82. The first-order valence-electron chi connectivity index (χ1n) is 8.57. The maximum Gasteiger partial charge on any atom is 0.275 e. The molecule has 0 bridgehead atoms. The predicted octanol–water partition coefficient (Wildman–Crippen LogP) is 3.00. The Hall–Kier alpha value is -2.06. The highest BCUT2D eigenvalue weighted by molar-refractivity contribution is 8.03. The van der Waals surface area contributed by atoms with Crippen molar-refractivity contribution in [1.82, 2.24) is 19.9 Å². The number of β-amino-alcohol motifs (C(OH)–C–C–N with tert-alkyl or cyclic N) is 1. The van der Waals surface area contributed by atoms with Crippen LogP contribution >= 0.6 is 23.4 Å². The summed E-state index contributed by atoms with van der Waals surface area (Å²) >= 11 is 7.49. The van der Waals surface area contributed by atoms with Crippen molar-refractivity contribution in [3.05, 3.63) is 69.2 Å². The number of nitrogens with one attached hydrogen (secondary N) is 2. The van der Waals surface area contributed by atoms with Gasteiger partial charge in [0.15, 0.2) is 0 Å². The monoisotopic (exact) mass is 402 g/mol. The van der Waals surface area contributed by atoms with Crippen LogP contribution in [-0.4, -0.2) is 44.2 Å². The van der Waals surface area contributed by atoms with Gasteiger partial charge in [0, 0.05) is 47.2 Å². The van der Waals surface area contributed by atoms with Gasteiger partial charge in [-0.15, -0.1) is 0 Å². The van der Waals surface area contributed by atoms with Crippen LogP contribution < -0.4 is 5.56 Å². The van der Waals surface area contributed by atoms with E-state index in [1.54, 1.807) is 11.8 Å². The SMILES string of the molecule is C=C(Sc1ccc(Cl)cc1)C1CN(Cc2c[nH]c3c(=O)[nH]cnc23)CC1O. The van der Waals surface area contributed by atoms with E-state index in [4.69, 9.17) is 11.6 Å². The molecule has 4 rings (SSSR count). The molecule has 1 saturated heterocycles. The summed E-state index contributed by atoms with van der Waals surface area (Å²) in [5.74, 6) is -0.0211. The van der Waals surface area contributed by atoms with Crippen LogP contribution in [0.3, 0.4) is 0 Å². The molecule has 2 atom stereocenters. The molecule has 27 heavy (non-hydrogen) atoms. The van der Waals surface area contributed by atoms with Gasteiger partial charge in [0.1, 0.15) is 5.52 Å². The van der Waals surface area contributed by atoms with Crippen molar-refractivity contribution in [2.24, 2.45) is 5.92 Å². The Balaban J connectivity index is 1.44. The zero-order valence-electron chi connectivity index (χ0n) is 14.5. The number of hydrogen-bond acceptors (Lipinski definition) is 5. The second-order valence-corrected chi connectivity index (χ2v) is 8.30. The van der Waals surface area contributed by atoms with Crippen LogP contribution in [0.25, 0.3) is 11.0 Å². The highest BCUT2D eigenvalue weighted by Crippen LogP contribution is 2.36. The van der Waals surface area contributed by atoms with Crippen LogP contribution in [0.15, 0.2) is 58.0 Å². The number of halogens is 1. The van der Waals surface area contributed by atoms with Crippen LogP contribution in [0.1, 0.15) is 5.56 Å². The molecular formula is C19H19ClN4O2S. The number of likely N-dealkylation sites (tertiary alicyclic amines) is 1. The Bertz CT molecular complexity index is 1030. The van der Waals surface area contributed by atoms with E-state index in [0.717, 1.165) is 15.4 Å². The molecule has 2 unspecified atom stereocenters. The molecule has 3 heterocycles. The lowest BCUT2D eigenvalue weighted by Gasteiger charge is -2.17. The van der Waals surface area contributed by atoms with Crippen molar-refractivity contribution in [2.75, 3.05) is 13.1 Å².